The van der Waals surface area contributed by atoms with Gasteiger partial charge >= 0.3 is 0 Å². The van der Waals surface area contributed by atoms with Gasteiger partial charge < -0.3 is 16.4 Å². The third-order valence-corrected chi connectivity index (χ3v) is 4.33. The van der Waals surface area contributed by atoms with Crippen LogP contribution in [-0.4, -0.2) is 17.4 Å². The molecule has 0 spiro atoms. The Morgan fingerprint density at radius 2 is 1.95 bits per heavy atom. The topological polar surface area (TPSA) is 84.2 Å². The second-order valence-corrected chi connectivity index (χ2v) is 6.40. The van der Waals surface area contributed by atoms with E-state index >= 15 is 0 Å². The number of hydrogen-bond acceptors (Lipinski definition) is 3. The number of amides is 2. The molecule has 1 fully saturated rings. The van der Waals surface area contributed by atoms with Gasteiger partial charge in [-0.05, 0) is 37.5 Å². The number of nitrogens with one attached hydrogen (secondary N) is 2. The molecule has 2 amide bonds. The average Bonchev–Trinajstić information content (AvgIpc) is 2.46. The summed E-state index contributed by atoms with van der Waals surface area (Å²) in [7, 11) is 0. The van der Waals surface area contributed by atoms with E-state index in [2.05, 4.69) is 10.6 Å². The summed E-state index contributed by atoms with van der Waals surface area (Å²) in [5.74, 6) is -0.198. The molecular formula is C17H25N3O2. The Balaban J connectivity index is 1.95. The van der Waals surface area contributed by atoms with Crippen LogP contribution in [0.15, 0.2) is 24.3 Å². The highest BCUT2D eigenvalue weighted by atomic mass is 16.2. The molecule has 0 aromatic heterocycles. The zero-order chi connectivity index (χ0) is 16.2. The minimum atomic E-state index is -0.423. The molecule has 5 nitrogen and oxygen atoms in total. The average molecular weight is 303 g/mol. The first-order valence-corrected chi connectivity index (χ1v) is 7.81. The molecule has 0 aliphatic heterocycles. The van der Waals surface area contributed by atoms with Crippen molar-refractivity contribution in [2.24, 2.45) is 11.7 Å². The van der Waals surface area contributed by atoms with E-state index in [1.165, 1.54) is 6.92 Å². The first-order valence-electron chi connectivity index (χ1n) is 7.81. The van der Waals surface area contributed by atoms with Crippen LogP contribution in [-0.2, 0) is 16.1 Å². The molecule has 22 heavy (non-hydrogen) atoms. The summed E-state index contributed by atoms with van der Waals surface area (Å²) in [6.07, 6.45) is 3.88. The molecule has 0 radical (unpaired) electrons. The van der Waals surface area contributed by atoms with Crippen molar-refractivity contribution in [3.05, 3.63) is 29.8 Å². The van der Waals surface area contributed by atoms with Gasteiger partial charge in [-0.3, -0.25) is 9.59 Å². The molecule has 120 valence electrons. The highest BCUT2D eigenvalue weighted by Gasteiger charge is 2.37. The van der Waals surface area contributed by atoms with Gasteiger partial charge in [0.1, 0.15) is 0 Å². The summed E-state index contributed by atoms with van der Waals surface area (Å²) < 4.78 is 0. The number of rotatable bonds is 4. The van der Waals surface area contributed by atoms with Crippen molar-refractivity contribution in [2.45, 2.75) is 51.6 Å². The van der Waals surface area contributed by atoms with E-state index in [0.717, 1.165) is 36.9 Å². The lowest BCUT2D eigenvalue weighted by atomic mass is 9.74. The van der Waals surface area contributed by atoms with Crippen molar-refractivity contribution in [1.29, 1.82) is 0 Å². The standard InChI is InChI=1S/C17H25N3O2/c1-12(21)19-11-13-6-8-14(9-7-13)20-16(22)15-5-3-4-10-17(15,2)18/h6-9,15H,3-5,10-11,18H2,1-2H3,(H,19,21)(H,20,22). The summed E-state index contributed by atoms with van der Waals surface area (Å²) >= 11 is 0. The van der Waals surface area contributed by atoms with E-state index in [0.29, 0.717) is 6.54 Å². The van der Waals surface area contributed by atoms with E-state index < -0.39 is 5.54 Å². The molecule has 0 heterocycles. The Kier molecular flexibility index (Phi) is 5.19. The summed E-state index contributed by atoms with van der Waals surface area (Å²) in [5, 5.41) is 5.69. The van der Waals surface area contributed by atoms with Crippen molar-refractivity contribution < 1.29 is 9.59 Å². The molecule has 1 aromatic rings. The Labute approximate surface area is 131 Å². The second kappa shape index (κ2) is 6.92. The van der Waals surface area contributed by atoms with Crippen LogP contribution in [0.1, 0.15) is 45.1 Å². The van der Waals surface area contributed by atoms with Crippen molar-refractivity contribution in [1.82, 2.24) is 5.32 Å². The summed E-state index contributed by atoms with van der Waals surface area (Å²) in [6, 6.07) is 7.50. The monoisotopic (exact) mass is 303 g/mol. The number of carbonyl (C=O) groups is 2. The smallest absolute Gasteiger partial charge is 0.229 e. The molecule has 2 rings (SSSR count). The second-order valence-electron chi connectivity index (χ2n) is 6.40. The summed E-state index contributed by atoms with van der Waals surface area (Å²) in [6.45, 7) is 3.95. The number of nitrogens with two attached hydrogens (primary N) is 1. The molecule has 1 aliphatic carbocycles. The Hall–Kier alpha value is -1.88. The van der Waals surface area contributed by atoms with Crippen LogP contribution >= 0.6 is 0 Å². The minimum absolute atomic E-state index is 0.000638. The quantitative estimate of drug-likeness (QED) is 0.797. The first kappa shape index (κ1) is 16.5. The van der Waals surface area contributed by atoms with Crippen molar-refractivity contribution in [3.8, 4) is 0 Å². The predicted molar refractivity (Wildman–Crippen MR) is 87.1 cm³/mol. The van der Waals surface area contributed by atoms with Crippen LogP contribution in [0, 0.1) is 5.92 Å². The van der Waals surface area contributed by atoms with E-state index in [4.69, 9.17) is 5.73 Å². The molecule has 0 saturated heterocycles. The third-order valence-electron chi connectivity index (χ3n) is 4.33. The van der Waals surface area contributed by atoms with Gasteiger partial charge in [0.15, 0.2) is 0 Å². The van der Waals surface area contributed by atoms with Crippen molar-refractivity contribution in [2.75, 3.05) is 5.32 Å². The maximum absolute atomic E-state index is 12.4. The van der Waals surface area contributed by atoms with Gasteiger partial charge in [-0.25, -0.2) is 0 Å². The van der Waals surface area contributed by atoms with Crippen LogP contribution < -0.4 is 16.4 Å². The Morgan fingerprint density at radius 3 is 2.55 bits per heavy atom. The van der Waals surface area contributed by atoms with Gasteiger partial charge in [-0.15, -0.1) is 0 Å². The lowest BCUT2D eigenvalue weighted by Gasteiger charge is -2.37. The SMILES string of the molecule is CC(=O)NCc1ccc(NC(=O)C2CCCCC2(C)N)cc1. The fraction of sp³-hybridized carbons (Fsp3) is 0.529. The van der Waals surface area contributed by atoms with Gasteiger partial charge in [-0.1, -0.05) is 25.0 Å². The largest absolute Gasteiger partial charge is 0.352 e. The fourth-order valence-electron chi connectivity index (χ4n) is 2.95. The lowest BCUT2D eigenvalue weighted by molar-refractivity contribution is -0.123. The number of hydrogen-bond donors (Lipinski definition) is 3. The van der Waals surface area contributed by atoms with Gasteiger partial charge in [0.2, 0.25) is 11.8 Å². The zero-order valence-corrected chi connectivity index (χ0v) is 13.3. The van der Waals surface area contributed by atoms with Crippen molar-refractivity contribution >= 4 is 17.5 Å². The van der Waals surface area contributed by atoms with Crippen molar-refractivity contribution in [3.63, 3.8) is 0 Å². The van der Waals surface area contributed by atoms with Gasteiger partial charge in [0, 0.05) is 24.7 Å². The normalized spacial score (nSPS) is 24.6. The molecule has 2 atom stereocenters. The van der Waals surface area contributed by atoms with Crippen LogP contribution in [0.25, 0.3) is 0 Å². The summed E-state index contributed by atoms with van der Waals surface area (Å²) in [4.78, 5) is 23.3. The van der Waals surface area contributed by atoms with Crippen LogP contribution in [0.5, 0.6) is 0 Å². The predicted octanol–water partition coefficient (Wildman–Crippen LogP) is 2.17. The van der Waals surface area contributed by atoms with E-state index in [-0.39, 0.29) is 17.7 Å². The maximum Gasteiger partial charge on any atom is 0.229 e. The fourth-order valence-corrected chi connectivity index (χ4v) is 2.95. The third kappa shape index (κ3) is 4.31. The van der Waals surface area contributed by atoms with Gasteiger partial charge in [-0.2, -0.15) is 0 Å². The number of carbonyl (C=O) groups excluding carboxylic acids is 2. The molecule has 1 saturated carbocycles. The molecule has 2 unspecified atom stereocenters. The van der Waals surface area contributed by atoms with Crippen LogP contribution in [0.2, 0.25) is 0 Å². The number of anilines is 1. The lowest BCUT2D eigenvalue weighted by Crippen LogP contribution is -2.51. The number of benzene rings is 1. The van der Waals surface area contributed by atoms with Gasteiger partial charge in [0.05, 0.1) is 5.92 Å². The Morgan fingerprint density at radius 1 is 1.27 bits per heavy atom. The minimum Gasteiger partial charge on any atom is -0.352 e. The van der Waals surface area contributed by atoms with E-state index in [1.54, 1.807) is 0 Å². The van der Waals surface area contributed by atoms with Crippen LogP contribution in [0.4, 0.5) is 5.69 Å². The molecule has 1 aliphatic rings. The van der Waals surface area contributed by atoms with Crippen LogP contribution in [0.3, 0.4) is 0 Å². The molecule has 1 aromatic carbocycles. The molecule has 5 heteroatoms. The molecule has 0 bridgehead atoms. The molecular weight excluding hydrogens is 278 g/mol. The van der Waals surface area contributed by atoms with E-state index in [9.17, 15) is 9.59 Å². The zero-order valence-electron chi connectivity index (χ0n) is 13.3. The highest BCUT2D eigenvalue weighted by molar-refractivity contribution is 5.93. The van der Waals surface area contributed by atoms with E-state index in [1.807, 2.05) is 31.2 Å². The highest BCUT2D eigenvalue weighted by Crippen LogP contribution is 2.32. The first-order chi connectivity index (χ1) is 10.4. The molecule has 4 N–H and O–H groups in total. The van der Waals surface area contributed by atoms with Gasteiger partial charge in [0.25, 0.3) is 0 Å². The summed E-state index contributed by atoms with van der Waals surface area (Å²) in [5.41, 5.74) is 7.60. The maximum atomic E-state index is 12.4. The Bertz CT molecular complexity index is 537.